The van der Waals surface area contributed by atoms with Crippen LogP contribution in [0.3, 0.4) is 0 Å². The van der Waals surface area contributed by atoms with Gasteiger partial charge in [-0.05, 0) is 73.5 Å². The summed E-state index contributed by atoms with van der Waals surface area (Å²) >= 11 is 8.11. The molecular weight excluding hydrogens is 399 g/mol. The zero-order valence-corrected chi connectivity index (χ0v) is 15.3. The predicted octanol–water partition coefficient (Wildman–Crippen LogP) is 3.94. The summed E-state index contributed by atoms with van der Waals surface area (Å²) in [6, 6.07) is 6.08. The molecule has 1 aliphatic heterocycles. The Hall–Kier alpha value is -0.330. The highest BCUT2D eigenvalue weighted by Gasteiger charge is 2.17. The van der Waals surface area contributed by atoms with Crippen molar-refractivity contribution in [1.82, 2.24) is 10.2 Å². The van der Waals surface area contributed by atoms with Crippen LogP contribution in [-0.4, -0.2) is 36.5 Å². The van der Waals surface area contributed by atoms with Gasteiger partial charge in [-0.15, -0.1) is 0 Å². The van der Waals surface area contributed by atoms with Gasteiger partial charge in [0.1, 0.15) is 0 Å². The Balaban J connectivity index is 1.75. The van der Waals surface area contributed by atoms with E-state index in [1.165, 1.54) is 25.8 Å². The van der Waals surface area contributed by atoms with Gasteiger partial charge in [-0.25, -0.2) is 0 Å². The molecule has 1 aromatic carbocycles. The maximum absolute atomic E-state index is 12.1. The quantitative estimate of drug-likeness (QED) is 0.578. The predicted molar refractivity (Wildman–Crippen MR) is 96.0 cm³/mol. The van der Waals surface area contributed by atoms with Crippen molar-refractivity contribution in [2.45, 2.75) is 38.6 Å². The number of carbonyl (C=O) groups excluding carboxylic acids is 1. The van der Waals surface area contributed by atoms with Crippen LogP contribution in [0.2, 0.25) is 5.02 Å². The van der Waals surface area contributed by atoms with Gasteiger partial charge in [0.25, 0.3) is 5.91 Å². The average molecular weight is 421 g/mol. The van der Waals surface area contributed by atoms with Crippen molar-refractivity contribution in [2.75, 3.05) is 19.6 Å². The van der Waals surface area contributed by atoms with Crippen molar-refractivity contribution in [2.24, 2.45) is 0 Å². The third-order valence-corrected chi connectivity index (χ3v) is 5.20. The monoisotopic (exact) mass is 420 g/mol. The lowest BCUT2D eigenvalue weighted by molar-refractivity contribution is 0.0948. The van der Waals surface area contributed by atoms with Crippen LogP contribution >= 0.6 is 34.2 Å². The van der Waals surface area contributed by atoms with Crippen molar-refractivity contribution in [1.29, 1.82) is 0 Å². The molecule has 0 aliphatic carbocycles. The molecule has 1 aromatic rings. The Morgan fingerprint density at radius 1 is 1.48 bits per heavy atom. The smallest absolute Gasteiger partial charge is 0.252 e. The number of nitrogens with one attached hydrogen (secondary N) is 1. The Kier molecular flexibility index (Phi) is 6.76. The van der Waals surface area contributed by atoms with Crippen LogP contribution in [0.5, 0.6) is 0 Å². The largest absolute Gasteiger partial charge is 0.352 e. The van der Waals surface area contributed by atoms with Gasteiger partial charge in [-0.3, -0.25) is 4.79 Å². The van der Waals surface area contributed by atoms with Crippen LogP contribution in [0.1, 0.15) is 43.0 Å². The molecule has 1 saturated heterocycles. The van der Waals surface area contributed by atoms with Crippen LogP contribution in [-0.2, 0) is 0 Å². The maximum atomic E-state index is 12.1. The van der Waals surface area contributed by atoms with Gasteiger partial charge in [-0.2, -0.15) is 0 Å². The third kappa shape index (κ3) is 5.11. The molecule has 5 heteroatoms. The van der Waals surface area contributed by atoms with Gasteiger partial charge < -0.3 is 10.2 Å². The lowest BCUT2D eigenvalue weighted by Crippen LogP contribution is -2.39. The van der Waals surface area contributed by atoms with E-state index in [1.54, 1.807) is 12.1 Å². The molecular formula is C16H22ClIN2O. The Morgan fingerprint density at radius 3 is 3.05 bits per heavy atom. The molecule has 0 radical (unpaired) electrons. The molecule has 2 rings (SSSR count). The maximum Gasteiger partial charge on any atom is 0.252 e. The summed E-state index contributed by atoms with van der Waals surface area (Å²) < 4.78 is 0.930. The summed E-state index contributed by atoms with van der Waals surface area (Å²) in [5.41, 5.74) is 0.662. The number of halogens is 2. The third-order valence-electron chi connectivity index (χ3n) is 4.02. The second-order valence-electron chi connectivity index (χ2n) is 5.61. The molecule has 0 aromatic heterocycles. The van der Waals surface area contributed by atoms with E-state index < -0.39 is 0 Å². The molecule has 0 bridgehead atoms. The summed E-state index contributed by atoms with van der Waals surface area (Å²) in [6.07, 6.45) is 4.94. The van der Waals surface area contributed by atoms with Gasteiger partial charge in [-0.1, -0.05) is 18.0 Å². The van der Waals surface area contributed by atoms with E-state index >= 15 is 0 Å². The summed E-state index contributed by atoms with van der Waals surface area (Å²) in [4.78, 5) is 14.7. The van der Waals surface area contributed by atoms with Gasteiger partial charge >= 0.3 is 0 Å². The lowest BCUT2D eigenvalue weighted by Gasteiger charge is -2.33. The topological polar surface area (TPSA) is 32.3 Å². The number of likely N-dealkylation sites (tertiary alicyclic amines) is 1. The Bertz CT molecular complexity index is 495. The van der Waals surface area contributed by atoms with E-state index in [9.17, 15) is 4.79 Å². The SMILES string of the molecule is C[C@@H]1CCCCN1CCCNC(=O)c1cc(Cl)ccc1I. The van der Waals surface area contributed by atoms with Crippen LogP contribution in [0.15, 0.2) is 18.2 Å². The van der Waals surface area contributed by atoms with Crippen molar-refractivity contribution in [3.05, 3.63) is 32.4 Å². The molecule has 116 valence electrons. The fourth-order valence-corrected chi connectivity index (χ4v) is 3.49. The first-order valence-electron chi connectivity index (χ1n) is 7.55. The highest BCUT2D eigenvalue weighted by atomic mass is 127. The molecule has 3 nitrogen and oxygen atoms in total. The molecule has 1 amide bonds. The second-order valence-corrected chi connectivity index (χ2v) is 7.21. The van der Waals surface area contributed by atoms with Crippen molar-refractivity contribution < 1.29 is 4.79 Å². The highest BCUT2D eigenvalue weighted by molar-refractivity contribution is 14.1. The molecule has 1 atom stereocenters. The second kappa shape index (κ2) is 8.34. The average Bonchev–Trinajstić information content (AvgIpc) is 2.47. The van der Waals surface area contributed by atoms with Gasteiger partial charge in [0.2, 0.25) is 0 Å². The first-order valence-corrected chi connectivity index (χ1v) is 9.01. The normalized spacial score (nSPS) is 19.5. The Morgan fingerprint density at radius 2 is 2.29 bits per heavy atom. The van der Waals surface area contributed by atoms with Gasteiger partial charge in [0.05, 0.1) is 5.56 Å². The summed E-state index contributed by atoms with van der Waals surface area (Å²) in [5, 5.41) is 3.59. The minimum Gasteiger partial charge on any atom is -0.352 e. The molecule has 0 unspecified atom stereocenters. The Labute approximate surface area is 145 Å². The number of hydrogen-bond acceptors (Lipinski definition) is 2. The van der Waals surface area contributed by atoms with Crippen molar-refractivity contribution >= 4 is 40.1 Å². The number of benzene rings is 1. The van der Waals surface area contributed by atoms with E-state index in [0.717, 1.165) is 16.5 Å². The summed E-state index contributed by atoms with van der Waals surface area (Å²) in [5.74, 6) is -0.0337. The minimum atomic E-state index is -0.0337. The number of nitrogens with zero attached hydrogens (tertiary/aromatic N) is 1. The van der Waals surface area contributed by atoms with Crippen LogP contribution < -0.4 is 5.32 Å². The first-order chi connectivity index (χ1) is 10.1. The fourth-order valence-electron chi connectivity index (χ4n) is 2.74. The number of amides is 1. The first kappa shape index (κ1) is 17.0. The van der Waals surface area contributed by atoms with E-state index in [4.69, 9.17) is 11.6 Å². The zero-order valence-electron chi connectivity index (χ0n) is 12.4. The molecule has 1 aliphatic rings. The molecule has 1 heterocycles. The molecule has 0 spiro atoms. The van der Waals surface area contributed by atoms with Gasteiger partial charge in [0, 0.05) is 27.7 Å². The molecule has 1 fully saturated rings. The number of rotatable bonds is 5. The van der Waals surface area contributed by atoms with Crippen molar-refractivity contribution in [3.63, 3.8) is 0 Å². The standard InChI is InChI=1S/C16H22ClIN2O/c1-12-5-2-3-9-20(12)10-4-8-19-16(21)14-11-13(17)6-7-15(14)18/h6-7,11-12H,2-5,8-10H2,1H3,(H,19,21)/t12-/m1/s1. The van der Waals surface area contributed by atoms with E-state index in [1.807, 2.05) is 6.07 Å². The van der Waals surface area contributed by atoms with E-state index in [0.29, 0.717) is 23.2 Å². The van der Waals surface area contributed by atoms with Crippen LogP contribution in [0.25, 0.3) is 0 Å². The van der Waals surface area contributed by atoms with E-state index in [2.05, 4.69) is 39.7 Å². The summed E-state index contributed by atoms with van der Waals surface area (Å²) in [6.45, 7) is 5.27. The molecule has 21 heavy (non-hydrogen) atoms. The fraction of sp³-hybridized carbons (Fsp3) is 0.562. The highest BCUT2D eigenvalue weighted by Crippen LogP contribution is 2.18. The number of piperidine rings is 1. The van der Waals surface area contributed by atoms with Gasteiger partial charge in [0.15, 0.2) is 0 Å². The number of carbonyl (C=O) groups is 1. The van der Waals surface area contributed by atoms with Crippen LogP contribution in [0.4, 0.5) is 0 Å². The van der Waals surface area contributed by atoms with E-state index in [-0.39, 0.29) is 5.91 Å². The molecule has 0 saturated carbocycles. The summed E-state index contributed by atoms with van der Waals surface area (Å²) in [7, 11) is 0. The lowest BCUT2D eigenvalue weighted by atomic mass is 10.0. The van der Waals surface area contributed by atoms with Crippen LogP contribution in [0, 0.1) is 3.57 Å². The number of hydrogen-bond donors (Lipinski definition) is 1. The minimum absolute atomic E-state index is 0.0337. The zero-order chi connectivity index (χ0) is 15.2. The molecule has 1 N–H and O–H groups in total. The van der Waals surface area contributed by atoms with Crippen molar-refractivity contribution in [3.8, 4) is 0 Å².